The first-order valence-corrected chi connectivity index (χ1v) is 6.63. The monoisotopic (exact) mass is 300 g/mol. The highest BCUT2D eigenvalue weighted by Crippen LogP contribution is 2.26. The van der Waals surface area contributed by atoms with E-state index in [2.05, 4.69) is 40.0 Å². The summed E-state index contributed by atoms with van der Waals surface area (Å²) >= 11 is 3.58. The van der Waals surface area contributed by atoms with E-state index in [9.17, 15) is 0 Å². The Labute approximate surface area is 112 Å². The number of methoxy groups -OCH3 is 1. The van der Waals surface area contributed by atoms with Gasteiger partial charge >= 0.3 is 0 Å². The van der Waals surface area contributed by atoms with Crippen LogP contribution in [0.15, 0.2) is 28.7 Å². The van der Waals surface area contributed by atoms with Crippen LogP contribution in [0.2, 0.25) is 0 Å². The third-order valence-electron chi connectivity index (χ3n) is 2.88. The molecule has 0 saturated carbocycles. The minimum absolute atomic E-state index is 0.252. The molecular weight excluding hydrogens is 280 g/mol. The first-order valence-electron chi connectivity index (χ1n) is 5.84. The van der Waals surface area contributed by atoms with Crippen molar-refractivity contribution < 1.29 is 4.74 Å². The van der Waals surface area contributed by atoms with Gasteiger partial charge in [-0.2, -0.15) is 0 Å². The number of ether oxygens (including phenoxy) is 1. The van der Waals surface area contributed by atoms with Gasteiger partial charge in [-0.3, -0.25) is 4.90 Å². The zero-order valence-electron chi connectivity index (χ0n) is 10.5. The predicted molar refractivity (Wildman–Crippen MR) is 75.1 cm³/mol. The van der Waals surface area contributed by atoms with Gasteiger partial charge in [0, 0.05) is 37.3 Å². The molecule has 17 heavy (non-hydrogen) atoms. The Morgan fingerprint density at radius 2 is 2.12 bits per heavy atom. The van der Waals surface area contributed by atoms with Gasteiger partial charge in [0.1, 0.15) is 0 Å². The van der Waals surface area contributed by atoms with E-state index in [1.807, 2.05) is 12.1 Å². The highest BCUT2D eigenvalue weighted by Gasteiger charge is 2.16. The average molecular weight is 301 g/mol. The van der Waals surface area contributed by atoms with Crippen molar-refractivity contribution >= 4 is 15.9 Å². The summed E-state index contributed by atoms with van der Waals surface area (Å²) in [6.45, 7) is 2.39. The Hall–Kier alpha value is -0.420. The quantitative estimate of drug-likeness (QED) is 0.786. The van der Waals surface area contributed by atoms with Crippen molar-refractivity contribution in [2.24, 2.45) is 5.73 Å². The SMILES string of the molecule is COCCCN(C)C(CN)c1ccccc1Br. The maximum absolute atomic E-state index is 5.89. The molecule has 0 aliphatic heterocycles. The fourth-order valence-electron chi connectivity index (χ4n) is 1.90. The number of rotatable bonds is 7. The molecule has 1 aromatic rings. The average Bonchev–Trinajstić information content (AvgIpc) is 2.33. The van der Waals surface area contributed by atoms with Gasteiger partial charge in [0.15, 0.2) is 0 Å². The Bertz CT molecular complexity index is 333. The van der Waals surface area contributed by atoms with Crippen molar-refractivity contribution in [2.45, 2.75) is 12.5 Å². The lowest BCUT2D eigenvalue weighted by atomic mass is 10.1. The lowest BCUT2D eigenvalue weighted by molar-refractivity contribution is 0.166. The fraction of sp³-hybridized carbons (Fsp3) is 0.538. The summed E-state index contributed by atoms with van der Waals surface area (Å²) in [5, 5.41) is 0. The molecule has 1 atom stereocenters. The van der Waals surface area contributed by atoms with Crippen LogP contribution in [0.5, 0.6) is 0 Å². The van der Waals surface area contributed by atoms with Crippen molar-refractivity contribution in [3.05, 3.63) is 34.3 Å². The standard InChI is InChI=1S/C13H21BrN2O/c1-16(8-5-9-17-2)13(10-15)11-6-3-4-7-12(11)14/h3-4,6-7,13H,5,8-10,15H2,1-2H3. The van der Waals surface area contributed by atoms with Gasteiger partial charge in [-0.15, -0.1) is 0 Å². The molecule has 1 aromatic carbocycles. The highest BCUT2D eigenvalue weighted by atomic mass is 79.9. The molecule has 0 heterocycles. The normalized spacial score (nSPS) is 13.0. The Kier molecular flexibility index (Phi) is 6.73. The summed E-state index contributed by atoms with van der Waals surface area (Å²) in [6.07, 6.45) is 1.02. The van der Waals surface area contributed by atoms with Gasteiger partial charge in [-0.05, 0) is 25.1 Å². The molecule has 1 unspecified atom stereocenters. The molecular formula is C13H21BrN2O. The van der Waals surface area contributed by atoms with Crippen LogP contribution in [0.4, 0.5) is 0 Å². The van der Waals surface area contributed by atoms with Gasteiger partial charge in [-0.1, -0.05) is 34.1 Å². The fourth-order valence-corrected chi connectivity index (χ4v) is 2.45. The van der Waals surface area contributed by atoms with E-state index < -0.39 is 0 Å². The second kappa shape index (κ2) is 7.82. The van der Waals surface area contributed by atoms with Crippen LogP contribution in [-0.2, 0) is 4.74 Å². The molecule has 0 saturated heterocycles. The van der Waals surface area contributed by atoms with E-state index in [1.165, 1.54) is 5.56 Å². The first-order chi connectivity index (χ1) is 8.20. The molecule has 2 N–H and O–H groups in total. The first kappa shape index (κ1) is 14.6. The molecule has 0 amide bonds. The number of nitrogens with two attached hydrogens (primary N) is 1. The largest absolute Gasteiger partial charge is 0.385 e. The summed E-state index contributed by atoms with van der Waals surface area (Å²) in [5.41, 5.74) is 7.13. The van der Waals surface area contributed by atoms with Crippen LogP contribution < -0.4 is 5.73 Å². The van der Waals surface area contributed by atoms with Crippen LogP contribution in [-0.4, -0.2) is 38.8 Å². The second-order valence-electron chi connectivity index (χ2n) is 4.10. The van der Waals surface area contributed by atoms with Gasteiger partial charge in [0.05, 0.1) is 0 Å². The Balaban J connectivity index is 2.67. The minimum Gasteiger partial charge on any atom is -0.385 e. The molecule has 0 spiro atoms. The molecule has 96 valence electrons. The third-order valence-corrected chi connectivity index (χ3v) is 3.60. The third kappa shape index (κ3) is 4.39. The zero-order chi connectivity index (χ0) is 12.7. The molecule has 0 aliphatic rings. The van der Waals surface area contributed by atoms with Crippen molar-refractivity contribution in [1.82, 2.24) is 4.90 Å². The predicted octanol–water partition coefficient (Wildman–Crippen LogP) is 2.42. The van der Waals surface area contributed by atoms with Crippen molar-refractivity contribution in [2.75, 3.05) is 33.9 Å². The smallest absolute Gasteiger partial charge is 0.0478 e. The van der Waals surface area contributed by atoms with E-state index >= 15 is 0 Å². The van der Waals surface area contributed by atoms with E-state index in [0.29, 0.717) is 6.54 Å². The van der Waals surface area contributed by atoms with E-state index in [1.54, 1.807) is 7.11 Å². The number of nitrogens with zero attached hydrogens (tertiary/aromatic N) is 1. The molecule has 4 heteroatoms. The maximum Gasteiger partial charge on any atom is 0.0478 e. The molecule has 0 aliphatic carbocycles. The van der Waals surface area contributed by atoms with Crippen molar-refractivity contribution in [3.63, 3.8) is 0 Å². The van der Waals surface area contributed by atoms with Crippen LogP contribution in [0.1, 0.15) is 18.0 Å². The van der Waals surface area contributed by atoms with E-state index in [-0.39, 0.29) is 6.04 Å². The Morgan fingerprint density at radius 3 is 2.71 bits per heavy atom. The number of likely N-dealkylation sites (N-methyl/N-ethyl adjacent to an activating group) is 1. The van der Waals surface area contributed by atoms with Crippen LogP contribution in [0, 0.1) is 0 Å². The van der Waals surface area contributed by atoms with Gasteiger partial charge in [0.2, 0.25) is 0 Å². The van der Waals surface area contributed by atoms with Crippen molar-refractivity contribution in [3.8, 4) is 0 Å². The number of hydrogen-bond donors (Lipinski definition) is 1. The summed E-state index contributed by atoms with van der Waals surface area (Å²) in [7, 11) is 3.83. The van der Waals surface area contributed by atoms with Gasteiger partial charge in [0.25, 0.3) is 0 Å². The molecule has 1 rings (SSSR count). The lowest BCUT2D eigenvalue weighted by Gasteiger charge is -2.28. The topological polar surface area (TPSA) is 38.5 Å². The molecule has 3 nitrogen and oxygen atoms in total. The minimum atomic E-state index is 0.252. The summed E-state index contributed by atoms with van der Waals surface area (Å²) in [4.78, 5) is 2.28. The van der Waals surface area contributed by atoms with E-state index in [4.69, 9.17) is 10.5 Å². The summed E-state index contributed by atoms with van der Waals surface area (Å²) in [6, 6.07) is 8.50. The number of halogens is 1. The van der Waals surface area contributed by atoms with Crippen LogP contribution in [0.25, 0.3) is 0 Å². The number of benzene rings is 1. The Morgan fingerprint density at radius 1 is 1.41 bits per heavy atom. The second-order valence-corrected chi connectivity index (χ2v) is 4.95. The van der Waals surface area contributed by atoms with Gasteiger partial charge < -0.3 is 10.5 Å². The molecule has 0 aromatic heterocycles. The molecule has 0 radical (unpaired) electrons. The molecule has 0 fully saturated rings. The summed E-state index contributed by atoms with van der Waals surface area (Å²) < 4.78 is 6.19. The van der Waals surface area contributed by atoms with Gasteiger partial charge in [-0.25, -0.2) is 0 Å². The highest BCUT2D eigenvalue weighted by molar-refractivity contribution is 9.10. The zero-order valence-corrected chi connectivity index (χ0v) is 12.1. The molecule has 0 bridgehead atoms. The van der Waals surface area contributed by atoms with Crippen LogP contribution in [0.3, 0.4) is 0 Å². The number of hydrogen-bond acceptors (Lipinski definition) is 3. The van der Waals surface area contributed by atoms with Crippen LogP contribution >= 0.6 is 15.9 Å². The van der Waals surface area contributed by atoms with Crippen molar-refractivity contribution in [1.29, 1.82) is 0 Å². The summed E-state index contributed by atoms with van der Waals surface area (Å²) in [5.74, 6) is 0. The van der Waals surface area contributed by atoms with E-state index in [0.717, 1.165) is 24.0 Å². The maximum atomic E-state index is 5.89. The lowest BCUT2D eigenvalue weighted by Crippen LogP contribution is -2.32.